The van der Waals surface area contributed by atoms with E-state index in [0.717, 1.165) is 11.1 Å². The second kappa shape index (κ2) is 12.3. The number of rotatable bonds is 13. The Bertz CT molecular complexity index is 1080. The topological polar surface area (TPSA) is 130 Å². The molecule has 0 aliphatic rings. The molecular weight excluding hydrogens is 454 g/mol. The van der Waals surface area contributed by atoms with Crippen molar-refractivity contribution < 1.29 is 23.9 Å². The van der Waals surface area contributed by atoms with Crippen LogP contribution in [-0.4, -0.2) is 56.4 Å². The average molecular weight is 484 g/mol. The summed E-state index contributed by atoms with van der Waals surface area (Å²) in [7, 11) is 6.30. The van der Waals surface area contributed by atoms with Gasteiger partial charge in [-0.05, 0) is 48.2 Å². The number of hydrogen-bond donors (Lipinski definition) is 2. The van der Waals surface area contributed by atoms with Gasteiger partial charge in [-0.15, -0.1) is 0 Å². The lowest BCUT2D eigenvalue weighted by molar-refractivity contribution is -0.383. The summed E-state index contributed by atoms with van der Waals surface area (Å²) >= 11 is 0. The van der Waals surface area contributed by atoms with E-state index in [0.29, 0.717) is 48.9 Å². The molecule has 2 aromatic carbocycles. The molecule has 3 aromatic rings. The molecule has 0 bridgehead atoms. The predicted molar refractivity (Wildman–Crippen MR) is 132 cm³/mol. The Kier molecular flexibility index (Phi) is 8.88. The molecule has 3 rings (SSSR count). The second-order valence-corrected chi connectivity index (χ2v) is 7.41. The fourth-order valence-electron chi connectivity index (χ4n) is 3.53. The third kappa shape index (κ3) is 6.40. The molecule has 35 heavy (non-hydrogen) atoms. The lowest BCUT2D eigenvalue weighted by Gasteiger charge is -2.12. The molecule has 11 nitrogen and oxygen atoms in total. The molecule has 0 saturated carbocycles. The minimum Gasteiger partial charge on any atom is -0.493 e. The molecule has 0 saturated heterocycles. The van der Waals surface area contributed by atoms with E-state index < -0.39 is 4.92 Å². The third-order valence-electron chi connectivity index (χ3n) is 5.31. The van der Waals surface area contributed by atoms with E-state index in [-0.39, 0.29) is 17.3 Å². The summed E-state index contributed by atoms with van der Waals surface area (Å²) in [6.07, 6.45) is 2.50. The van der Waals surface area contributed by atoms with Gasteiger partial charge in [0.2, 0.25) is 11.6 Å². The Hall–Kier alpha value is -4.28. The Labute approximate surface area is 203 Å². The van der Waals surface area contributed by atoms with Crippen LogP contribution >= 0.6 is 0 Å². The monoisotopic (exact) mass is 483 g/mol. The van der Waals surface area contributed by atoms with Crippen molar-refractivity contribution in [1.82, 2.24) is 9.97 Å². The highest BCUT2D eigenvalue weighted by Crippen LogP contribution is 2.31. The normalized spacial score (nSPS) is 10.4. The van der Waals surface area contributed by atoms with E-state index in [9.17, 15) is 10.1 Å². The highest BCUT2D eigenvalue weighted by Gasteiger charge is 2.22. The maximum atomic E-state index is 11.8. The van der Waals surface area contributed by atoms with Gasteiger partial charge in [0.15, 0.2) is 23.0 Å². The van der Waals surface area contributed by atoms with Gasteiger partial charge < -0.3 is 29.6 Å². The molecule has 0 atom stereocenters. The first-order valence-corrected chi connectivity index (χ1v) is 10.9. The summed E-state index contributed by atoms with van der Waals surface area (Å²) in [5, 5.41) is 17.9. The Morgan fingerprint density at radius 2 is 1.17 bits per heavy atom. The van der Waals surface area contributed by atoms with Crippen LogP contribution in [0.3, 0.4) is 0 Å². The third-order valence-corrected chi connectivity index (χ3v) is 5.31. The zero-order valence-corrected chi connectivity index (χ0v) is 20.2. The lowest BCUT2D eigenvalue weighted by Crippen LogP contribution is -2.13. The van der Waals surface area contributed by atoms with Gasteiger partial charge in [-0.25, -0.2) is 9.97 Å². The minimum atomic E-state index is -0.489. The standard InChI is InChI=1S/C24H29N5O6/c1-32-18-7-5-16(13-20(18)34-3)9-11-25-23-22(29(30)31)24(28-15-27-23)26-12-10-17-6-8-19(33-2)21(14-17)35-4/h5-8,13-15H,9-12H2,1-4H3,(H2,25,26,27,28). The van der Waals surface area contributed by atoms with Gasteiger partial charge in [-0.2, -0.15) is 0 Å². The van der Waals surface area contributed by atoms with E-state index in [1.54, 1.807) is 28.4 Å². The van der Waals surface area contributed by atoms with Crippen molar-refractivity contribution in [2.45, 2.75) is 12.8 Å². The molecule has 11 heteroatoms. The van der Waals surface area contributed by atoms with Crippen LogP contribution in [0, 0.1) is 10.1 Å². The smallest absolute Gasteiger partial charge is 0.353 e. The average Bonchev–Trinajstić information content (AvgIpc) is 2.88. The largest absolute Gasteiger partial charge is 0.493 e. The van der Waals surface area contributed by atoms with E-state index >= 15 is 0 Å². The van der Waals surface area contributed by atoms with Gasteiger partial charge in [-0.1, -0.05) is 12.1 Å². The Balaban J connectivity index is 1.65. The van der Waals surface area contributed by atoms with E-state index in [4.69, 9.17) is 18.9 Å². The number of anilines is 2. The van der Waals surface area contributed by atoms with Crippen molar-refractivity contribution in [3.05, 3.63) is 64.0 Å². The van der Waals surface area contributed by atoms with E-state index in [1.807, 2.05) is 36.4 Å². The van der Waals surface area contributed by atoms with Gasteiger partial charge in [0.1, 0.15) is 6.33 Å². The molecule has 186 valence electrons. The molecule has 1 aromatic heterocycles. The summed E-state index contributed by atoms with van der Waals surface area (Å²) in [6, 6.07) is 11.2. The number of aromatic nitrogens is 2. The number of ether oxygens (including phenoxy) is 4. The SMILES string of the molecule is COc1ccc(CCNc2ncnc(NCCc3ccc(OC)c(OC)c3)c2[N+](=O)[O-])cc1OC. The summed E-state index contributed by atoms with van der Waals surface area (Å²) in [5.41, 5.74) is 1.77. The second-order valence-electron chi connectivity index (χ2n) is 7.41. The maximum absolute atomic E-state index is 11.8. The van der Waals surface area contributed by atoms with Crippen molar-refractivity contribution in [2.24, 2.45) is 0 Å². The van der Waals surface area contributed by atoms with Crippen LogP contribution in [0.5, 0.6) is 23.0 Å². The molecule has 0 spiro atoms. The predicted octanol–water partition coefficient (Wildman–Crippen LogP) is 3.73. The van der Waals surface area contributed by atoms with Crippen molar-refractivity contribution in [1.29, 1.82) is 0 Å². The van der Waals surface area contributed by atoms with Gasteiger partial charge >= 0.3 is 5.69 Å². The molecule has 0 radical (unpaired) electrons. The zero-order valence-electron chi connectivity index (χ0n) is 20.2. The van der Waals surface area contributed by atoms with Crippen LogP contribution in [-0.2, 0) is 12.8 Å². The van der Waals surface area contributed by atoms with E-state index in [2.05, 4.69) is 20.6 Å². The van der Waals surface area contributed by atoms with Crippen LogP contribution in [0.15, 0.2) is 42.7 Å². The Morgan fingerprint density at radius 3 is 1.54 bits per heavy atom. The molecule has 0 aliphatic heterocycles. The molecule has 0 aliphatic carbocycles. The lowest BCUT2D eigenvalue weighted by atomic mass is 10.1. The molecule has 1 heterocycles. The molecular formula is C24H29N5O6. The summed E-state index contributed by atoms with van der Waals surface area (Å²) in [4.78, 5) is 19.5. The molecule has 0 fully saturated rings. The summed E-state index contributed by atoms with van der Waals surface area (Å²) < 4.78 is 21.2. The Morgan fingerprint density at radius 1 is 0.743 bits per heavy atom. The molecule has 0 amide bonds. The fraction of sp³-hybridized carbons (Fsp3) is 0.333. The zero-order chi connectivity index (χ0) is 25.2. The van der Waals surface area contributed by atoms with Crippen molar-refractivity contribution >= 4 is 17.3 Å². The number of nitrogens with one attached hydrogen (secondary N) is 2. The van der Waals surface area contributed by atoms with Crippen LogP contribution in [0.4, 0.5) is 17.3 Å². The molecule has 0 unspecified atom stereocenters. The van der Waals surface area contributed by atoms with Crippen LogP contribution < -0.4 is 29.6 Å². The van der Waals surface area contributed by atoms with Gasteiger partial charge in [-0.3, -0.25) is 10.1 Å². The van der Waals surface area contributed by atoms with Crippen LogP contribution in [0.25, 0.3) is 0 Å². The minimum absolute atomic E-state index is 0.152. The fourth-order valence-corrected chi connectivity index (χ4v) is 3.53. The summed E-state index contributed by atoms with van der Waals surface area (Å²) in [5.74, 6) is 2.83. The number of nitrogens with zero attached hydrogens (tertiary/aromatic N) is 3. The van der Waals surface area contributed by atoms with Crippen molar-refractivity contribution in [3.8, 4) is 23.0 Å². The van der Waals surface area contributed by atoms with Crippen molar-refractivity contribution in [3.63, 3.8) is 0 Å². The van der Waals surface area contributed by atoms with Crippen LogP contribution in [0.1, 0.15) is 11.1 Å². The first-order valence-electron chi connectivity index (χ1n) is 10.9. The number of nitro groups is 1. The van der Waals surface area contributed by atoms with Gasteiger partial charge in [0.25, 0.3) is 0 Å². The first-order chi connectivity index (χ1) is 17.0. The van der Waals surface area contributed by atoms with Crippen LogP contribution in [0.2, 0.25) is 0 Å². The van der Waals surface area contributed by atoms with Crippen molar-refractivity contribution in [2.75, 3.05) is 52.2 Å². The number of hydrogen-bond acceptors (Lipinski definition) is 10. The molecule has 2 N–H and O–H groups in total. The first kappa shape index (κ1) is 25.3. The highest BCUT2D eigenvalue weighted by atomic mass is 16.6. The number of benzene rings is 2. The van der Waals surface area contributed by atoms with Gasteiger partial charge in [0.05, 0.1) is 33.4 Å². The quantitative estimate of drug-likeness (QED) is 0.274. The maximum Gasteiger partial charge on any atom is 0.353 e. The number of methoxy groups -OCH3 is 4. The highest BCUT2D eigenvalue weighted by molar-refractivity contribution is 5.69. The summed E-state index contributed by atoms with van der Waals surface area (Å²) in [6.45, 7) is 0.858. The van der Waals surface area contributed by atoms with Gasteiger partial charge in [0, 0.05) is 13.1 Å². The van der Waals surface area contributed by atoms with E-state index in [1.165, 1.54) is 6.33 Å².